The molecule has 5 nitrogen and oxygen atoms in total. The van der Waals surface area contributed by atoms with Crippen LogP contribution in [0.3, 0.4) is 0 Å². The number of thiazole rings is 1. The summed E-state index contributed by atoms with van der Waals surface area (Å²) in [5, 5.41) is 2.20. The number of nitrogens with zero attached hydrogens (tertiary/aromatic N) is 2. The first-order valence-electron chi connectivity index (χ1n) is 7.59. The van der Waals surface area contributed by atoms with Crippen LogP contribution in [0.1, 0.15) is 25.7 Å². The van der Waals surface area contributed by atoms with Crippen molar-refractivity contribution in [1.82, 2.24) is 4.98 Å². The zero-order valence-corrected chi connectivity index (χ0v) is 14.2. The van der Waals surface area contributed by atoms with E-state index in [0.717, 1.165) is 12.8 Å². The molecule has 2 aromatic rings. The number of Topliss-reactive ketones (excluding diaryl/α,β-unsaturated/α-hetero) is 1. The Bertz CT molecular complexity index is 758. The van der Waals surface area contributed by atoms with E-state index in [-0.39, 0.29) is 23.1 Å². The Balaban J connectivity index is 1.86. The fraction of sp³-hybridized carbons (Fsp3) is 0.375. The van der Waals surface area contributed by atoms with Crippen LogP contribution in [0.15, 0.2) is 46.8 Å². The number of carbonyl (C=O) groups excluding carboxylic acids is 1. The van der Waals surface area contributed by atoms with Gasteiger partial charge >= 0.3 is 0 Å². The lowest BCUT2D eigenvalue weighted by Gasteiger charge is -2.23. The molecule has 0 spiro atoms. The Morgan fingerprint density at radius 2 is 2.04 bits per heavy atom. The molecule has 1 atom stereocenters. The van der Waals surface area contributed by atoms with Crippen molar-refractivity contribution >= 4 is 32.3 Å². The summed E-state index contributed by atoms with van der Waals surface area (Å²) in [4.78, 5) is 16.2. The molecule has 0 unspecified atom stereocenters. The van der Waals surface area contributed by atoms with Gasteiger partial charge in [-0.1, -0.05) is 18.2 Å². The highest BCUT2D eigenvalue weighted by molar-refractivity contribution is 7.93. The Morgan fingerprint density at radius 3 is 2.65 bits per heavy atom. The van der Waals surface area contributed by atoms with E-state index in [1.165, 1.54) is 15.6 Å². The molecular formula is C16H18N2O3S2. The monoisotopic (exact) mass is 350 g/mol. The minimum atomic E-state index is -3.66. The summed E-state index contributed by atoms with van der Waals surface area (Å²) in [5.41, 5.74) is 0. The number of anilines is 1. The van der Waals surface area contributed by atoms with Crippen LogP contribution >= 0.6 is 11.3 Å². The lowest BCUT2D eigenvalue weighted by atomic mass is 10.0. The highest BCUT2D eigenvalue weighted by atomic mass is 32.2. The van der Waals surface area contributed by atoms with E-state index in [1.807, 2.05) is 0 Å². The quantitative estimate of drug-likeness (QED) is 0.803. The number of hydrogen-bond donors (Lipinski definition) is 0. The molecule has 0 bridgehead atoms. The van der Waals surface area contributed by atoms with Crippen LogP contribution in [0.25, 0.3) is 0 Å². The Kier molecular flexibility index (Phi) is 4.77. The number of hydrogen-bond acceptors (Lipinski definition) is 5. The van der Waals surface area contributed by atoms with E-state index >= 15 is 0 Å². The molecule has 0 aliphatic heterocycles. The van der Waals surface area contributed by atoms with E-state index in [2.05, 4.69) is 4.98 Å². The molecule has 0 saturated heterocycles. The minimum absolute atomic E-state index is 0.0246. The van der Waals surface area contributed by atoms with Crippen molar-refractivity contribution in [3.05, 3.63) is 41.9 Å². The van der Waals surface area contributed by atoms with Crippen molar-refractivity contribution in [2.45, 2.75) is 30.6 Å². The fourth-order valence-electron chi connectivity index (χ4n) is 2.84. The average molecular weight is 350 g/mol. The first kappa shape index (κ1) is 16.1. The molecule has 7 heteroatoms. The van der Waals surface area contributed by atoms with E-state index in [9.17, 15) is 13.2 Å². The van der Waals surface area contributed by atoms with E-state index in [4.69, 9.17) is 0 Å². The van der Waals surface area contributed by atoms with Gasteiger partial charge in [0.05, 0.1) is 4.90 Å². The van der Waals surface area contributed by atoms with Crippen LogP contribution in [0.4, 0.5) is 5.13 Å². The normalized spacial score (nSPS) is 18.3. The summed E-state index contributed by atoms with van der Waals surface area (Å²) in [6.45, 7) is 0.279. The van der Waals surface area contributed by atoms with Crippen molar-refractivity contribution < 1.29 is 13.2 Å². The molecule has 1 fully saturated rings. The predicted molar refractivity (Wildman–Crippen MR) is 90.1 cm³/mol. The predicted octanol–water partition coefficient (Wildman–Crippen LogP) is 3.10. The Labute approximate surface area is 140 Å². The summed E-state index contributed by atoms with van der Waals surface area (Å²) in [6, 6.07) is 8.35. The summed E-state index contributed by atoms with van der Waals surface area (Å²) in [7, 11) is -3.66. The van der Waals surface area contributed by atoms with Crippen LogP contribution in [-0.4, -0.2) is 25.7 Å². The molecule has 0 radical (unpaired) electrons. The van der Waals surface area contributed by atoms with E-state index < -0.39 is 10.0 Å². The molecule has 23 heavy (non-hydrogen) atoms. The van der Waals surface area contributed by atoms with Gasteiger partial charge < -0.3 is 0 Å². The number of aromatic nitrogens is 1. The first-order chi connectivity index (χ1) is 11.1. The number of sulfonamides is 1. The third-order valence-electron chi connectivity index (χ3n) is 4.08. The molecule has 1 heterocycles. The molecule has 1 aliphatic rings. The molecule has 0 N–H and O–H groups in total. The van der Waals surface area contributed by atoms with Crippen LogP contribution < -0.4 is 4.31 Å². The van der Waals surface area contributed by atoms with Gasteiger partial charge in [0.2, 0.25) is 0 Å². The molecule has 3 rings (SSSR count). The second-order valence-corrected chi connectivity index (χ2v) is 8.28. The van der Waals surface area contributed by atoms with E-state index in [0.29, 0.717) is 18.0 Å². The molecule has 1 aromatic heterocycles. The van der Waals surface area contributed by atoms with Gasteiger partial charge in [0.15, 0.2) is 5.13 Å². The third kappa shape index (κ3) is 3.45. The second kappa shape index (κ2) is 6.80. The van der Waals surface area contributed by atoms with Gasteiger partial charge in [-0.3, -0.25) is 4.79 Å². The molecule has 1 aliphatic carbocycles. The topological polar surface area (TPSA) is 67.3 Å². The summed E-state index contributed by atoms with van der Waals surface area (Å²) in [5.74, 6) is 0.227. The largest absolute Gasteiger partial charge is 0.299 e. The van der Waals surface area contributed by atoms with Crippen molar-refractivity contribution in [3.63, 3.8) is 0 Å². The zero-order chi connectivity index (χ0) is 16.3. The fourth-order valence-corrected chi connectivity index (χ4v) is 5.20. The van der Waals surface area contributed by atoms with E-state index in [1.54, 1.807) is 41.9 Å². The SMILES string of the molecule is O=C1CCC[C@@H]1CCN(c1nccs1)S(=O)(=O)c1ccccc1. The number of carbonyl (C=O) groups is 1. The first-order valence-corrected chi connectivity index (χ1v) is 9.91. The second-order valence-electron chi connectivity index (χ2n) is 5.55. The van der Waals surface area contributed by atoms with Gasteiger partial charge in [0.1, 0.15) is 5.78 Å². The minimum Gasteiger partial charge on any atom is -0.299 e. The molecule has 122 valence electrons. The smallest absolute Gasteiger partial charge is 0.266 e. The summed E-state index contributed by atoms with van der Waals surface area (Å²) >= 11 is 1.29. The lowest BCUT2D eigenvalue weighted by molar-refractivity contribution is -0.120. The van der Waals surface area contributed by atoms with Gasteiger partial charge in [-0.25, -0.2) is 17.7 Å². The van der Waals surface area contributed by atoms with Gasteiger partial charge in [-0.2, -0.15) is 0 Å². The Morgan fingerprint density at radius 1 is 1.26 bits per heavy atom. The van der Waals surface area contributed by atoms with Crippen LogP contribution in [0.5, 0.6) is 0 Å². The molecule has 1 aromatic carbocycles. The van der Waals surface area contributed by atoms with Crippen LogP contribution in [0.2, 0.25) is 0 Å². The lowest BCUT2D eigenvalue weighted by Crippen LogP contribution is -2.33. The van der Waals surface area contributed by atoms with Gasteiger partial charge in [-0.15, -0.1) is 11.3 Å². The van der Waals surface area contributed by atoms with Gasteiger partial charge in [-0.05, 0) is 31.4 Å². The molecular weight excluding hydrogens is 332 g/mol. The maximum absolute atomic E-state index is 12.9. The summed E-state index contributed by atoms with van der Waals surface area (Å²) in [6.07, 6.45) is 4.52. The zero-order valence-electron chi connectivity index (χ0n) is 12.6. The maximum atomic E-state index is 12.9. The van der Waals surface area contributed by atoms with Crippen molar-refractivity contribution in [2.24, 2.45) is 5.92 Å². The number of ketones is 1. The van der Waals surface area contributed by atoms with Crippen molar-refractivity contribution in [3.8, 4) is 0 Å². The van der Waals surface area contributed by atoms with Crippen LogP contribution in [0, 0.1) is 5.92 Å². The molecule has 0 amide bonds. The third-order valence-corrected chi connectivity index (χ3v) is 6.79. The van der Waals surface area contributed by atoms with Gasteiger partial charge in [0, 0.05) is 30.5 Å². The average Bonchev–Trinajstić information content (AvgIpc) is 3.21. The molecule has 1 saturated carbocycles. The maximum Gasteiger partial charge on any atom is 0.266 e. The van der Waals surface area contributed by atoms with Crippen molar-refractivity contribution in [2.75, 3.05) is 10.8 Å². The number of benzene rings is 1. The highest BCUT2D eigenvalue weighted by Crippen LogP contribution is 2.29. The summed E-state index contributed by atoms with van der Waals surface area (Å²) < 4.78 is 27.2. The Hall–Kier alpha value is -1.73. The van der Waals surface area contributed by atoms with Crippen LogP contribution in [-0.2, 0) is 14.8 Å². The standard InChI is InChI=1S/C16H18N2O3S2/c19-15-8-4-5-13(15)9-11-18(16-17-10-12-22-16)23(20,21)14-6-2-1-3-7-14/h1-3,6-7,10,12-13H,4-5,8-9,11H2/t13-/m1/s1. The highest BCUT2D eigenvalue weighted by Gasteiger charge is 2.30. The number of rotatable bonds is 6. The van der Waals surface area contributed by atoms with Gasteiger partial charge in [0.25, 0.3) is 10.0 Å². The van der Waals surface area contributed by atoms with Crippen molar-refractivity contribution in [1.29, 1.82) is 0 Å².